The lowest BCUT2D eigenvalue weighted by atomic mass is 10.1. The van der Waals surface area contributed by atoms with Crippen molar-refractivity contribution in [3.8, 4) is 6.07 Å². The van der Waals surface area contributed by atoms with Gasteiger partial charge in [0.15, 0.2) is 0 Å². The Bertz CT molecular complexity index is 559. The van der Waals surface area contributed by atoms with Gasteiger partial charge >= 0.3 is 0 Å². The monoisotopic (exact) mass is 241 g/mol. The average Bonchev–Trinajstić information content (AvgIpc) is 2.83. The van der Waals surface area contributed by atoms with E-state index in [2.05, 4.69) is 41.6 Å². The van der Waals surface area contributed by atoms with Gasteiger partial charge in [0.25, 0.3) is 0 Å². The van der Waals surface area contributed by atoms with Gasteiger partial charge in [-0.05, 0) is 31.3 Å². The van der Waals surface area contributed by atoms with Crippen LogP contribution >= 0.6 is 0 Å². The fourth-order valence-corrected chi connectivity index (χ4v) is 2.30. The number of hydrogen-bond donors (Lipinski definition) is 0. The number of aromatic nitrogens is 1. The summed E-state index contributed by atoms with van der Waals surface area (Å²) in [6.45, 7) is 8.56. The lowest BCUT2D eigenvalue weighted by Gasteiger charge is -2.18. The van der Waals surface area contributed by atoms with Crippen LogP contribution in [0.15, 0.2) is 30.5 Å². The first kappa shape index (κ1) is 12.7. The highest BCUT2D eigenvalue weighted by Crippen LogP contribution is 2.19. The summed E-state index contributed by atoms with van der Waals surface area (Å²) in [6, 6.07) is 10.2. The molecule has 0 aliphatic rings. The van der Waals surface area contributed by atoms with Gasteiger partial charge in [0.2, 0.25) is 0 Å². The van der Waals surface area contributed by atoms with Gasteiger partial charge in [-0.25, -0.2) is 0 Å². The van der Waals surface area contributed by atoms with Crippen molar-refractivity contribution in [2.45, 2.75) is 20.4 Å². The van der Waals surface area contributed by atoms with E-state index in [-0.39, 0.29) is 0 Å². The molecule has 1 heterocycles. The SMILES string of the molecule is CCN(CC)CCn1ccc2c(C#N)cccc21. The fourth-order valence-electron chi connectivity index (χ4n) is 2.30. The van der Waals surface area contributed by atoms with Crippen molar-refractivity contribution in [3.63, 3.8) is 0 Å². The maximum Gasteiger partial charge on any atom is 0.0998 e. The van der Waals surface area contributed by atoms with Gasteiger partial charge in [0.05, 0.1) is 11.6 Å². The molecule has 0 spiro atoms. The van der Waals surface area contributed by atoms with Crippen molar-refractivity contribution < 1.29 is 0 Å². The quantitative estimate of drug-likeness (QED) is 0.806. The summed E-state index contributed by atoms with van der Waals surface area (Å²) in [6.07, 6.45) is 2.08. The van der Waals surface area contributed by atoms with Crippen LogP contribution in [0.3, 0.4) is 0 Å². The van der Waals surface area contributed by atoms with E-state index in [1.807, 2.05) is 18.2 Å². The molecule has 2 rings (SSSR count). The molecular weight excluding hydrogens is 222 g/mol. The third kappa shape index (κ3) is 2.39. The van der Waals surface area contributed by atoms with Gasteiger partial charge in [0.1, 0.15) is 0 Å². The van der Waals surface area contributed by atoms with E-state index < -0.39 is 0 Å². The molecular formula is C15H19N3. The van der Waals surface area contributed by atoms with Crippen LogP contribution in [0.25, 0.3) is 10.9 Å². The van der Waals surface area contributed by atoms with Crippen molar-refractivity contribution in [2.75, 3.05) is 19.6 Å². The Morgan fingerprint density at radius 1 is 1.22 bits per heavy atom. The maximum atomic E-state index is 9.07. The molecule has 3 nitrogen and oxygen atoms in total. The molecule has 0 saturated carbocycles. The molecule has 0 bridgehead atoms. The fraction of sp³-hybridized carbons (Fsp3) is 0.400. The Balaban J connectivity index is 2.23. The summed E-state index contributed by atoms with van der Waals surface area (Å²) >= 11 is 0. The van der Waals surface area contributed by atoms with Gasteiger partial charge in [-0.3, -0.25) is 0 Å². The Labute approximate surface area is 108 Å². The number of hydrogen-bond acceptors (Lipinski definition) is 2. The predicted octanol–water partition coefficient (Wildman–Crippen LogP) is 2.85. The second kappa shape index (κ2) is 5.70. The van der Waals surface area contributed by atoms with Gasteiger partial charge < -0.3 is 9.47 Å². The molecule has 0 N–H and O–H groups in total. The summed E-state index contributed by atoms with van der Waals surface area (Å²) in [5, 5.41) is 10.1. The van der Waals surface area contributed by atoms with E-state index in [4.69, 9.17) is 5.26 Å². The molecule has 0 amide bonds. The molecule has 3 heteroatoms. The van der Waals surface area contributed by atoms with Crippen LogP contribution in [0, 0.1) is 11.3 Å². The summed E-state index contributed by atoms with van der Waals surface area (Å²) in [5.41, 5.74) is 1.91. The lowest BCUT2D eigenvalue weighted by molar-refractivity contribution is 0.292. The van der Waals surface area contributed by atoms with Gasteiger partial charge in [-0.2, -0.15) is 5.26 Å². The molecule has 1 aromatic carbocycles. The topological polar surface area (TPSA) is 32.0 Å². The minimum atomic E-state index is 0.758. The van der Waals surface area contributed by atoms with E-state index in [0.717, 1.165) is 42.6 Å². The van der Waals surface area contributed by atoms with Crippen molar-refractivity contribution >= 4 is 10.9 Å². The molecule has 18 heavy (non-hydrogen) atoms. The highest BCUT2D eigenvalue weighted by molar-refractivity contribution is 5.85. The van der Waals surface area contributed by atoms with Crippen LogP contribution in [0.1, 0.15) is 19.4 Å². The van der Waals surface area contributed by atoms with Crippen LogP contribution in [-0.2, 0) is 6.54 Å². The van der Waals surface area contributed by atoms with Crippen LogP contribution in [0.5, 0.6) is 0 Å². The van der Waals surface area contributed by atoms with Gasteiger partial charge in [0, 0.05) is 30.2 Å². The Morgan fingerprint density at radius 3 is 2.67 bits per heavy atom. The molecule has 0 atom stereocenters. The van der Waals surface area contributed by atoms with E-state index >= 15 is 0 Å². The van der Waals surface area contributed by atoms with Crippen molar-refractivity contribution in [1.29, 1.82) is 5.26 Å². The highest BCUT2D eigenvalue weighted by Gasteiger charge is 2.06. The normalized spacial score (nSPS) is 11.0. The summed E-state index contributed by atoms with van der Waals surface area (Å²) in [4.78, 5) is 2.40. The van der Waals surface area contributed by atoms with Gasteiger partial charge in [-0.15, -0.1) is 0 Å². The van der Waals surface area contributed by atoms with Gasteiger partial charge in [-0.1, -0.05) is 19.9 Å². The predicted molar refractivity (Wildman–Crippen MR) is 74.4 cm³/mol. The smallest absolute Gasteiger partial charge is 0.0998 e. The standard InChI is InChI=1S/C15H19N3/c1-3-17(4-2)10-11-18-9-8-14-13(12-16)6-5-7-15(14)18/h5-9H,3-4,10-11H2,1-2H3. The molecule has 94 valence electrons. The highest BCUT2D eigenvalue weighted by atomic mass is 15.1. The molecule has 1 aromatic heterocycles. The molecule has 0 radical (unpaired) electrons. The number of rotatable bonds is 5. The van der Waals surface area contributed by atoms with Crippen molar-refractivity contribution in [3.05, 3.63) is 36.0 Å². The lowest BCUT2D eigenvalue weighted by Crippen LogP contribution is -2.26. The van der Waals surface area contributed by atoms with Crippen LogP contribution in [0.2, 0.25) is 0 Å². The van der Waals surface area contributed by atoms with Crippen molar-refractivity contribution in [1.82, 2.24) is 9.47 Å². The Hall–Kier alpha value is -1.79. The first-order chi connectivity index (χ1) is 8.80. The zero-order valence-corrected chi connectivity index (χ0v) is 11.1. The molecule has 2 aromatic rings. The first-order valence-corrected chi connectivity index (χ1v) is 6.50. The molecule has 0 fully saturated rings. The minimum absolute atomic E-state index is 0.758. The molecule has 0 saturated heterocycles. The van der Waals surface area contributed by atoms with E-state index in [9.17, 15) is 0 Å². The summed E-state index contributed by atoms with van der Waals surface area (Å²) in [7, 11) is 0. The number of fused-ring (bicyclic) bond motifs is 1. The maximum absolute atomic E-state index is 9.07. The summed E-state index contributed by atoms with van der Waals surface area (Å²) < 4.78 is 2.23. The van der Waals surface area contributed by atoms with E-state index in [1.165, 1.54) is 0 Å². The third-order valence-electron chi connectivity index (χ3n) is 3.49. The van der Waals surface area contributed by atoms with E-state index in [0.29, 0.717) is 0 Å². The summed E-state index contributed by atoms with van der Waals surface area (Å²) in [5.74, 6) is 0. The van der Waals surface area contributed by atoms with Crippen LogP contribution in [-0.4, -0.2) is 29.1 Å². The average molecular weight is 241 g/mol. The third-order valence-corrected chi connectivity index (χ3v) is 3.49. The zero-order valence-electron chi connectivity index (χ0n) is 11.1. The molecule has 0 unspecified atom stereocenters. The Morgan fingerprint density at radius 2 is 2.00 bits per heavy atom. The largest absolute Gasteiger partial charge is 0.346 e. The number of likely N-dealkylation sites (N-methyl/N-ethyl adjacent to an activating group) is 1. The number of benzene rings is 1. The zero-order chi connectivity index (χ0) is 13.0. The van der Waals surface area contributed by atoms with Crippen LogP contribution < -0.4 is 0 Å². The second-order valence-electron chi connectivity index (χ2n) is 4.39. The Kier molecular flexibility index (Phi) is 4.01. The first-order valence-electron chi connectivity index (χ1n) is 6.50. The molecule has 0 aliphatic carbocycles. The van der Waals surface area contributed by atoms with Crippen molar-refractivity contribution in [2.24, 2.45) is 0 Å². The second-order valence-corrected chi connectivity index (χ2v) is 4.39. The number of nitriles is 1. The van der Waals surface area contributed by atoms with E-state index in [1.54, 1.807) is 0 Å². The minimum Gasteiger partial charge on any atom is -0.346 e. The molecule has 0 aliphatic heterocycles. The number of nitrogens with zero attached hydrogens (tertiary/aromatic N) is 3. The van der Waals surface area contributed by atoms with Crippen LogP contribution in [0.4, 0.5) is 0 Å².